The summed E-state index contributed by atoms with van der Waals surface area (Å²) < 4.78 is 5.72. The SMILES string of the molecule is CN(CCCOc1ccc(C(N)=S)cc1)Cc1ccsc1. The second-order valence-corrected chi connectivity index (χ2v) is 6.18. The first-order chi connectivity index (χ1) is 10.1. The maximum absolute atomic E-state index is 5.72. The van der Waals surface area contributed by atoms with E-state index < -0.39 is 0 Å². The number of benzene rings is 1. The van der Waals surface area contributed by atoms with Crippen molar-refractivity contribution < 1.29 is 4.74 Å². The quantitative estimate of drug-likeness (QED) is 0.598. The van der Waals surface area contributed by atoms with Crippen LogP contribution in [0.15, 0.2) is 41.1 Å². The van der Waals surface area contributed by atoms with Crippen molar-refractivity contribution in [2.24, 2.45) is 5.73 Å². The van der Waals surface area contributed by atoms with Crippen LogP contribution in [0.5, 0.6) is 5.75 Å². The van der Waals surface area contributed by atoms with Gasteiger partial charge in [-0.05, 0) is 60.1 Å². The van der Waals surface area contributed by atoms with Gasteiger partial charge in [-0.3, -0.25) is 0 Å². The molecule has 2 N–H and O–H groups in total. The smallest absolute Gasteiger partial charge is 0.119 e. The number of hydrogen-bond acceptors (Lipinski definition) is 4. The molecule has 2 rings (SSSR count). The Kier molecular flexibility index (Phi) is 6.17. The molecule has 0 aliphatic heterocycles. The van der Waals surface area contributed by atoms with E-state index in [4.69, 9.17) is 22.7 Å². The summed E-state index contributed by atoms with van der Waals surface area (Å²) in [6, 6.07) is 9.76. The highest BCUT2D eigenvalue weighted by atomic mass is 32.1. The fourth-order valence-corrected chi connectivity index (χ4v) is 2.81. The van der Waals surface area contributed by atoms with Crippen molar-refractivity contribution in [2.45, 2.75) is 13.0 Å². The lowest BCUT2D eigenvalue weighted by molar-refractivity contribution is 0.259. The molecule has 112 valence electrons. The number of nitrogens with two attached hydrogens (primary N) is 1. The molecule has 1 heterocycles. The monoisotopic (exact) mass is 320 g/mol. The highest BCUT2D eigenvalue weighted by molar-refractivity contribution is 7.80. The zero-order valence-electron chi connectivity index (χ0n) is 12.1. The first-order valence-corrected chi connectivity index (χ1v) is 8.22. The van der Waals surface area contributed by atoms with Crippen LogP contribution >= 0.6 is 23.6 Å². The highest BCUT2D eigenvalue weighted by Gasteiger charge is 2.01. The van der Waals surface area contributed by atoms with Gasteiger partial charge in [0.05, 0.1) is 6.61 Å². The van der Waals surface area contributed by atoms with Crippen LogP contribution in [0.1, 0.15) is 17.5 Å². The Morgan fingerprint density at radius 1 is 1.29 bits per heavy atom. The molecule has 21 heavy (non-hydrogen) atoms. The van der Waals surface area contributed by atoms with Gasteiger partial charge in [0.2, 0.25) is 0 Å². The van der Waals surface area contributed by atoms with E-state index in [1.165, 1.54) is 5.56 Å². The molecule has 0 aliphatic rings. The van der Waals surface area contributed by atoms with Crippen molar-refractivity contribution in [2.75, 3.05) is 20.2 Å². The second kappa shape index (κ2) is 8.12. The van der Waals surface area contributed by atoms with Gasteiger partial charge >= 0.3 is 0 Å². The van der Waals surface area contributed by atoms with Crippen LogP contribution in [0.4, 0.5) is 0 Å². The molecule has 1 aromatic carbocycles. The Labute approximate surface area is 135 Å². The van der Waals surface area contributed by atoms with Gasteiger partial charge in [0.1, 0.15) is 10.7 Å². The molecule has 0 bridgehead atoms. The lowest BCUT2D eigenvalue weighted by atomic mass is 10.2. The number of nitrogens with zero attached hydrogens (tertiary/aromatic N) is 1. The lowest BCUT2D eigenvalue weighted by Crippen LogP contribution is -2.20. The van der Waals surface area contributed by atoms with Crippen LogP contribution in [0.3, 0.4) is 0 Å². The molecule has 0 radical (unpaired) electrons. The minimum absolute atomic E-state index is 0.414. The van der Waals surface area contributed by atoms with E-state index in [9.17, 15) is 0 Å². The number of thiophene rings is 1. The van der Waals surface area contributed by atoms with Crippen molar-refractivity contribution >= 4 is 28.5 Å². The van der Waals surface area contributed by atoms with E-state index in [1.54, 1.807) is 11.3 Å². The molecule has 5 heteroatoms. The number of thiocarbonyl (C=S) groups is 1. The van der Waals surface area contributed by atoms with E-state index in [0.717, 1.165) is 30.8 Å². The molecule has 0 saturated carbocycles. The van der Waals surface area contributed by atoms with Gasteiger partial charge in [-0.2, -0.15) is 11.3 Å². The largest absolute Gasteiger partial charge is 0.494 e. The first kappa shape index (κ1) is 15.9. The van der Waals surface area contributed by atoms with Crippen molar-refractivity contribution in [3.8, 4) is 5.75 Å². The Balaban J connectivity index is 1.66. The van der Waals surface area contributed by atoms with Gasteiger partial charge < -0.3 is 15.4 Å². The van der Waals surface area contributed by atoms with Crippen LogP contribution in [0, 0.1) is 0 Å². The standard InChI is InChI=1S/C16H20N2OS2/c1-18(11-13-7-10-21-12-13)8-2-9-19-15-5-3-14(4-6-15)16(17)20/h3-7,10,12H,2,8-9,11H2,1H3,(H2,17,20). The minimum atomic E-state index is 0.414. The zero-order chi connectivity index (χ0) is 15.1. The molecule has 3 nitrogen and oxygen atoms in total. The third-order valence-corrected chi connectivity index (χ3v) is 4.09. The highest BCUT2D eigenvalue weighted by Crippen LogP contribution is 2.13. The molecule has 0 unspecified atom stereocenters. The number of ether oxygens (including phenoxy) is 1. The van der Waals surface area contributed by atoms with E-state index in [-0.39, 0.29) is 0 Å². The summed E-state index contributed by atoms with van der Waals surface area (Å²) in [5.74, 6) is 0.857. The summed E-state index contributed by atoms with van der Waals surface area (Å²) in [5, 5.41) is 4.30. The second-order valence-electron chi connectivity index (χ2n) is 4.96. The van der Waals surface area contributed by atoms with Crippen LogP contribution in [-0.2, 0) is 6.54 Å². The summed E-state index contributed by atoms with van der Waals surface area (Å²) in [7, 11) is 2.13. The molecule has 0 spiro atoms. The van der Waals surface area contributed by atoms with Crippen molar-refractivity contribution in [1.82, 2.24) is 4.90 Å². The lowest BCUT2D eigenvalue weighted by Gasteiger charge is -2.16. The molecule has 0 amide bonds. The fraction of sp³-hybridized carbons (Fsp3) is 0.312. The van der Waals surface area contributed by atoms with Crippen LogP contribution < -0.4 is 10.5 Å². The van der Waals surface area contributed by atoms with E-state index in [0.29, 0.717) is 11.6 Å². The predicted molar refractivity (Wildman–Crippen MR) is 93.1 cm³/mol. The Morgan fingerprint density at radius 2 is 2.05 bits per heavy atom. The summed E-state index contributed by atoms with van der Waals surface area (Å²) in [6.07, 6.45) is 0.998. The van der Waals surface area contributed by atoms with Crippen LogP contribution in [0.2, 0.25) is 0 Å². The van der Waals surface area contributed by atoms with E-state index in [2.05, 4.69) is 28.8 Å². The Morgan fingerprint density at radius 3 is 2.67 bits per heavy atom. The number of hydrogen-bond donors (Lipinski definition) is 1. The Hall–Kier alpha value is -1.43. The first-order valence-electron chi connectivity index (χ1n) is 6.87. The van der Waals surface area contributed by atoms with Crippen molar-refractivity contribution in [1.29, 1.82) is 0 Å². The third kappa shape index (κ3) is 5.46. The van der Waals surface area contributed by atoms with Crippen molar-refractivity contribution in [3.05, 3.63) is 52.2 Å². The van der Waals surface area contributed by atoms with Crippen molar-refractivity contribution in [3.63, 3.8) is 0 Å². The third-order valence-electron chi connectivity index (χ3n) is 3.12. The van der Waals surface area contributed by atoms with Gasteiger partial charge in [-0.1, -0.05) is 12.2 Å². The zero-order valence-corrected chi connectivity index (χ0v) is 13.8. The molecule has 2 aromatic rings. The molecule has 0 saturated heterocycles. The predicted octanol–water partition coefficient (Wildman–Crippen LogP) is 3.28. The van der Waals surface area contributed by atoms with Gasteiger partial charge in [0.15, 0.2) is 0 Å². The summed E-state index contributed by atoms with van der Waals surface area (Å²) in [5.41, 5.74) is 7.80. The van der Waals surface area contributed by atoms with Crippen LogP contribution in [-0.4, -0.2) is 30.1 Å². The molecular formula is C16H20N2OS2. The Bertz CT molecular complexity index is 552. The van der Waals surface area contributed by atoms with Gasteiger partial charge in [-0.25, -0.2) is 0 Å². The van der Waals surface area contributed by atoms with Gasteiger partial charge in [0, 0.05) is 18.7 Å². The maximum atomic E-state index is 5.72. The van der Waals surface area contributed by atoms with Gasteiger partial charge in [0.25, 0.3) is 0 Å². The fourth-order valence-electron chi connectivity index (χ4n) is 2.01. The van der Waals surface area contributed by atoms with E-state index in [1.807, 2.05) is 24.3 Å². The normalized spacial score (nSPS) is 10.8. The summed E-state index contributed by atoms with van der Waals surface area (Å²) in [6.45, 7) is 2.72. The molecular weight excluding hydrogens is 300 g/mol. The maximum Gasteiger partial charge on any atom is 0.119 e. The molecule has 0 atom stereocenters. The van der Waals surface area contributed by atoms with E-state index >= 15 is 0 Å². The molecule has 0 fully saturated rings. The van der Waals surface area contributed by atoms with Crippen LogP contribution in [0.25, 0.3) is 0 Å². The average Bonchev–Trinajstić information content (AvgIpc) is 2.97. The number of rotatable bonds is 8. The minimum Gasteiger partial charge on any atom is -0.494 e. The molecule has 1 aromatic heterocycles. The van der Waals surface area contributed by atoms with Gasteiger partial charge in [-0.15, -0.1) is 0 Å². The topological polar surface area (TPSA) is 38.5 Å². The molecule has 0 aliphatic carbocycles. The average molecular weight is 320 g/mol. The summed E-state index contributed by atoms with van der Waals surface area (Å²) in [4.78, 5) is 2.72. The summed E-state index contributed by atoms with van der Waals surface area (Å²) >= 11 is 6.66.